The number of aliphatic hydroxyl groups is 1. The van der Waals surface area contributed by atoms with Crippen LogP contribution in [0.25, 0.3) is 0 Å². The molecule has 2 heterocycles. The number of nitrogens with zero attached hydrogens (tertiary/aromatic N) is 1. The summed E-state index contributed by atoms with van der Waals surface area (Å²) in [6, 6.07) is 6.58. The number of rotatable bonds is 12. The number of Topliss-reactive ketones (excluding diaryl/α,β-unsaturated/α-hetero) is 1. The first-order valence-corrected chi connectivity index (χ1v) is 14.2. The number of carbonyl (C=O) groups is 4. The molecule has 0 radical (unpaired) electrons. The van der Waals surface area contributed by atoms with Gasteiger partial charge in [-0.1, -0.05) is 32.0 Å². The number of hydrogen-bond donors (Lipinski definition) is 2. The standard InChI is InChI=1S/C26H34FN2O10P/c1-15(2)22(32)17(4)37-24(34)16(3)28-40(35,39-19-9-7-6-8-10-19)36-14-20-23(33)26(5,27)25(38-20)29-12-11-18(30)13-21(29)31/h6-12,15-17,20,23,25,33H,13-14H2,1-5H3,(H,28,35)/t16-,17-,20+,23+,25+,26+,40-/m0/s1. The molecular weight excluding hydrogens is 550 g/mol. The number of hydrogen-bond acceptors (Lipinski definition) is 10. The lowest BCUT2D eigenvalue weighted by Crippen LogP contribution is -2.51. The number of ketones is 2. The van der Waals surface area contributed by atoms with Crippen molar-refractivity contribution in [1.29, 1.82) is 0 Å². The fourth-order valence-corrected chi connectivity index (χ4v) is 5.58. The Hall–Kier alpha value is -2.96. The van der Waals surface area contributed by atoms with Crippen LogP contribution in [0.3, 0.4) is 0 Å². The smallest absolute Gasteiger partial charge is 0.453 e. The van der Waals surface area contributed by atoms with Crippen molar-refractivity contribution in [3.05, 3.63) is 42.6 Å². The summed E-state index contributed by atoms with van der Waals surface area (Å²) in [5.41, 5.74) is -2.48. The summed E-state index contributed by atoms with van der Waals surface area (Å²) in [4.78, 5) is 49.4. The topological polar surface area (TPSA) is 158 Å². The van der Waals surface area contributed by atoms with Gasteiger partial charge in [-0.3, -0.25) is 28.6 Å². The third-order valence-corrected chi connectivity index (χ3v) is 7.99. The second-order valence-corrected chi connectivity index (χ2v) is 11.8. The molecule has 7 atom stereocenters. The molecule has 1 aromatic rings. The zero-order valence-corrected chi connectivity index (χ0v) is 23.7. The molecule has 1 aromatic carbocycles. The van der Waals surface area contributed by atoms with Gasteiger partial charge in [-0.2, -0.15) is 5.09 Å². The molecule has 0 aromatic heterocycles. The number of carbonyl (C=O) groups excluding carboxylic acids is 4. The van der Waals surface area contributed by atoms with Crippen molar-refractivity contribution in [1.82, 2.24) is 9.99 Å². The van der Waals surface area contributed by atoms with Crippen LogP contribution in [0.15, 0.2) is 42.6 Å². The average molecular weight is 585 g/mol. The van der Waals surface area contributed by atoms with Crippen molar-refractivity contribution in [2.75, 3.05) is 6.61 Å². The van der Waals surface area contributed by atoms with Gasteiger partial charge in [-0.25, -0.2) is 8.96 Å². The van der Waals surface area contributed by atoms with Gasteiger partial charge in [-0.15, -0.1) is 0 Å². The van der Waals surface area contributed by atoms with Gasteiger partial charge in [0, 0.05) is 12.1 Å². The molecule has 1 fully saturated rings. The molecule has 2 N–H and O–H groups in total. The number of allylic oxidation sites excluding steroid dienone is 1. The number of nitrogens with one attached hydrogen (secondary N) is 1. The Bertz CT molecular complexity index is 1190. The maximum absolute atomic E-state index is 15.6. The molecule has 12 nitrogen and oxygen atoms in total. The van der Waals surface area contributed by atoms with E-state index in [1.165, 1.54) is 26.0 Å². The zero-order chi connectivity index (χ0) is 29.8. The number of halogens is 1. The van der Waals surface area contributed by atoms with Gasteiger partial charge in [0.1, 0.15) is 24.0 Å². The maximum atomic E-state index is 15.6. The molecule has 0 aliphatic carbocycles. The highest BCUT2D eigenvalue weighted by Crippen LogP contribution is 2.46. The van der Waals surface area contributed by atoms with E-state index in [2.05, 4.69) is 5.09 Å². The first-order valence-electron chi connectivity index (χ1n) is 12.7. The Kier molecular flexibility index (Phi) is 10.0. The van der Waals surface area contributed by atoms with E-state index < -0.39 is 74.7 Å². The van der Waals surface area contributed by atoms with Crippen molar-refractivity contribution < 1.29 is 51.8 Å². The molecule has 3 rings (SSSR count). The van der Waals surface area contributed by atoms with Crippen LogP contribution in [-0.2, 0) is 37.7 Å². The molecule has 40 heavy (non-hydrogen) atoms. The summed E-state index contributed by atoms with van der Waals surface area (Å²) in [5.74, 6) is -2.64. The van der Waals surface area contributed by atoms with Crippen LogP contribution in [0.1, 0.15) is 41.0 Å². The summed E-state index contributed by atoms with van der Waals surface area (Å²) in [7, 11) is -4.42. The SMILES string of the molecule is CC(C)C(=O)[C@H](C)OC(=O)[C@H](C)N[P@](=O)(OC[C@H]1O[C@@H](N2C=CC(=O)CC2=O)[C@](C)(F)[C@@H]1O)Oc1ccccc1. The summed E-state index contributed by atoms with van der Waals surface area (Å²) >= 11 is 0. The monoisotopic (exact) mass is 584 g/mol. The summed E-state index contributed by atoms with van der Waals surface area (Å²) in [5, 5.41) is 13.1. The van der Waals surface area contributed by atoms with Crippen LogP contribution in [0.2, 0.25) is 0 Å². The van der Waals surface area contributed by atoms with Crippen molar-refractivity contribution in [2.45, 2.75) is 77.3 Å². The highest BCUT2D eigenvalue weighted by Gasteiger charge is 2.57. The number of amides is 1. The molecular formula is C26H34FN2O10P. The third kappa shape index (κ3) is 7.41. The molecule has 0 spiro atoms. The number of aliphatic hydroxyl groups excluding tert-OH is 1. The van der Waals surface area contributed by atoms with E-state index in [9.17, 15) is 28.8 Å². The fraction of sp³-hybridized carbons (Fsp3) is 0.538. The minimum absolute atomic E-state index is 0.108. The minimum Gasteiger partial charge on any atom is -0.453 e. The van der Waals surface area contributed by atoms with Crippen LogP contribution < -0.4 is 9.61 Å². The lowest BCUT2D eigenvalue weighted by Gasteiger charge is -2.32. The molecule has 1 amide bonds. The lowest BCUT2D eigenvalue weighted by molar-refractivity contribution is -0.156. The van der Waals surface area contributed by atoms with Crippen LogP contribution in [-0.4, -0.2) is 76.3 Å². The van der Waals surface area contributed by atoms with Gasteiger partial charge in [0.05, 0.1) is 13.0 Å². The van der Waals surface area contributed by atoms with Crippen LogP contribution in [0, 0.1) is 5.92 Å². The highest BCUT2D eigenvalue weighted by atomic mass is 31.2. The minimum atomic E-state index is -4.42. The van der Waals surface area contributed by atoms with E-state index in [0.717, 1.165) is 24.1 Å². The summed E-state index contributed by atoms with van der Waals surface area (Å²) < 4.78 is 51.1. The Labute approximate surface area is 231 Å². The van der Waals surface area contributed by atoms with E-state index >= 15 is 4.39 Å². The predicted octanol–water partition coefficient (Wildman–Crippen LogP) is 2.45. The first-order chi connectivity index (χ1) is 18.6. The molecule has 2 aliphatic heterocycles. The average Bonchev–Trinajstić information content (AvgIpc) is 3.10. The van der Waals surface area contributed by atoms with Crippen molar-refractivity contribution in [2.24, 2.45) is 5.92 Å². The molecule has 0 saturated carbocycles. The highest BCUT2D eigenvalue weighted by molar-refractivity contribution is 7.52. The predicted molar refractivity (Wildman–Crippen MR) is 138 cm³/mol. The Morgan fingerprint density at radius 3 is 2.48 bits per heavy atom. The maximum Gasteiger partial charge on any atom is 0.459 e. The summed E-state index contributed by atoms with van der Waals surface area (Å²) in [6.45, 7) is 6.41. The number of benzene rings is 1. The second kappa shape index (κ2) is 12.7. The molecule has 14 heteroatoms. The Morgan fingerprint density at radius 1 is 1.23 bits per heavy atom. The third-order valence-electron chi connectivity index (χ3n) is 6.35. The second-order valence-electron chi connectivity index (χ2n) is 10.1. The summed E-state index contributed by atoms with van der Waals surface area (Å²) in [6.07, 6.45) is -4.19. The Morgan fingerprint density at radius 2 is 1.88 bits per heavy atom. The molecule has 0 unspecified atom stereocenters. The van der Waals surface area contributed by atoms with E-state index in [1.807, 2.05) is 0 Å². The molecule has 2 aliphatic rings. The van der Waals surface area contributed by atoms with E-state index in [0.29, 0.717) is 0 Å². The largest absolute Gasteiger partial charge is 0.459 e. The van der Waals surface area contributed by atoms with Gasteiger partial charge < -0.3 is 19.1 Å². The normalized spacial score (nSPS) is 27.8. The van der Waals surface area contributed by atoms with Gasteiger partial charge in [0.15, 0.2) is 29.6 Å². The molecule has 220 valence electrons. The Balaban J connectivity index is 1.75. The van der Waals surface area contributed by atoms with Crippen LogP contribution >= 0.6 is 7.75 Å². The van der Waals surface area contributed by atoms with E-state index in [1.54, 1.807) is 32.0 Å². The van der Waals surface area contributed by atoms with Crippen molar-refractivity contribution in [3.8, 4) is 5.75 Å². The van der Waals surface area contributed by atoms with Crippen LogP contribution in [0.5, 0.6) is 5.75 Å². The van der Waals surface area contributed by atoms with Crippen molar-refractivity contribution >= 4 is 31.2 Å². The number of ether oxygens (including phenoxy) is 2. The van der Waals surface area contributed by atoms with Crippen LogP contribution in [0.4, 0.5) is 4.39 Å². The van der Waals surface area contributed by atoms with Gasteiger partial charge in [0.25, 0.3) is 0 Å². The number of alkyl halides is 1. The fourth-order valence-electron chi connectivity index (χ4n) is 4.08. The molecule has 0 bridgehead atoms. The van der Waals surface area contributed by atoms with E-state index in [-0.39, 0.29) is 17.5 Å². The van der Waals surface area contributed by atoms with Gasteiger partial charge >= 0.3 is 13.7 Å². The van der Waals surface area contributed by atoms with E-state index in [4.69, 9.17) is 18.5 Å². The quantitative estimate of drug-likeness (QED) is 0.211. The van der Waals surface area contributed by atoms with Gasteiger partial charge in [-0.05, 0) is 39.0 Å². The first kappa shape index (κ1) is 31.6. The number of para-hydroxylation sites is 1. The van der Waals surface area contributed by atoms with Crippen molar-refractivity contribution in [3.63, 3.8) is 0 Å². The number of esters is 1. The zero-order valence-electron chi connectivity index (χ0n) is 22.8. The molecule has 1 saturated heterocycles. The van der Waals surface area contributed by atoms with Gasteiger partial charge in [0.2, 0.25) is 5.91 Å². The lowest BCUT2D eigenvalue weighted by atomic mass is 9.97.